The predicted molar refractivity (Wildman–Crippen MR) is 85.4 cm³/mol. The second-order valence-electron chi connectivity index (χ2n) is 5.97. The number of quaternary nitrogens is 1. The van der Waals surface area contributed by atoms with Crippen LogP contribution >= 0.6 is 11.3 Å². The molecule has 120 valence electrons. The lowest BCUT2D eigenvalue weighted by Gasteiger charge is -2.22. The Bertz CT molecular complexity index is 592. The summed E-state index contributed by atoms with van der Waals surface area (Å²) < 4.78 is 5.21. The smallest absolute Gasteiger partial charge is 0.341 e. The molecule has 0 bridgehead atoms. The monoisotopic (exact) mass is 323 g/mol. The first-order valence-corrected chi connectivity index (χ1v) is 8.91. The van der Waals surface area contributed by atoms with E-state index in [9.17, 15) is 9.59 Å². The van der Waals surface area contributed by atoms with Gasteiger partial charge in [0.1, 0.15) is 11.5 Å². The van der Waals surface area contributed by atoms with Crippen LogP contribution in [0.15, 0.2) is 0 Å². The highest BCUT2D eigenvalue weighted by Gasteiger charge is 2.34. The minimum absolute atomic E-state index is 0.0452. The summed E-state index contributed by atoms with van der Waals surface area (Å²) in [5.41, 5.74) is 1.69. The number of nitrogens with one attached hydrogen (secondary N) is 2. The van der Waals surface area contributed by atoms with Gasteiger partial charge < -0.3 is 15.0 Å². The fourth-order valence-corrected chi connectivity index (χ4v) is 4.22. The molecule has 3 rings (SSSR count). The number of fused-ring (bicyclic) bond motifs is 1. The molecule has 1 aliphatic heterocycles. The minimum atomic E-state index is -0.300. The second-order valence-corrected chi connectivity index (χ2v) is 7.08. The van der Waals surface area contributed by atoms with E-state index in [1.54, 1.807) is 11.3 Å². The standard InChI is InChI=1S/C16H22N2O3S/c1-3-18-8-7-11-12(9-18)22-15(13(11)16(20)21-4-2)17-14(19)10-5-6-10/h10H,3-9H2,1-2H3,(H,17,19)/p+1. The Morgan fingerprint density at radius 3 is 2.77 bits per heavy atom. The molecule has 2 heterocycles. The van der Waals surface area contributed by atoms with Crippen molar-refractivity contribution in [2.24, 2.45) is 5.92 Å². The van der Waals surface area contributed by atoms with E-state index in [-0.39, 0.29) is 17.8 Å². The molecule has 6 heteroatoms. The van der Waals surface area contributed by atoms with E-state index in [2.05, 4.69) is 12.2 Å². The van der Waals surface area contributed by atoms with Gasteiger partial charge in [0, 0.05) is 12.3 Å². The van der Waals surface area contributed by atoms with E-state index in [4.69, 9.17) is 4.74 Å². The summed E-state index contributed by atoms with van der Waals surface area (Å²) in [7, 11) is 0. The molecule has 1 aliphatic carbocycles. The fourth-order valence-electron chi connectivity index (χ4n) is 2.91. The number of carbonyl (C=O) groups excluding carboxylic acids is 2. The van der Waals surface area contributed by atoms with Gasteiger partial charge in [-0.3, -0.25) is 4.79 Å². The van der Waals surface area contributed by atoms with Crippen LogP contribution in [0.2, 0.25) is 0 Å². The highest BCUT2D eigenvalue weighted by atomic mass is 32.1. The molecule has 0 spiro atoms. The number of rotatable bonds is 5. The second kappa shape index (κ2) is 6.38. The third-order valence-corrected chi connectivity index (χ3v) is 5.54. The molecule has 1 fully saturated rings. The van der Waals surface area contributed by atoms with Crippen LogP contribution < -0.4 is 10.2 Å². The van der Waals surface area contributed by atoms with Crippen molar-refractivity contribution in [1.29, 1.82) is 0 Å². The lowest BCUT2D eigenvalue weighted by Crippen LogP contribution is -3.11. The van der Waals surface area contributed by atoms with E-state index in [1.165, 1.54) is 9.78 Å². The highest BCUT2D eigenvalue weighted by molar-refractivity contribution is 7.17. The van der Waals surface area contributed by atoms with Crippen LogP contribution in [-0.2, 0) is 22.5 Å². The number of hydrogen-bond acceptors (Lipinski definition) is 4. The van der Waals surface area contributed by atoms with Gasteiger partial charge in [-0.05, 0) is 32.3 Å². The highest BCUT2D eigenvalue weighted by Crippen LogP contribution is 2.37. The van der Waals surface area contributed by atoms with Crippen molar-refractivity contribution in [2.75, 3.05) is 25.0 Å². The third kappa shape index (κ3) is 3.03. The molecule has 1 aromatic heterocycles. The largest absolute Gasteiger partial charge is 0.462 e. The first-order chi connectivity index (χ1) is 10.6. The van der Waals surface area contributed by atoms with E-state index in [0.717, 1.165) is 44.5 Å². The van der Waals surface area contributed by atoms with E-state index in [1.807, 2.05) is 6.92 Å². The minimum Gasteiger partial charge on any atom is -0.462 e. The fraction of sp³-hybridized carbons (Fsp3) is 0.625. The van der Waals surface area contributed by atoms with Gasteiger partial charge >= 0.3 is 5.97 Å². The Hall–Kier alpha value is -1.40. The predicted octanol–water partition coefficient (Wildman–Crippen LogP) is 1.23. The molecule has 1 unspecified atom stereocenters. The third-order valence-electron chi connectivity index (χ3n) is 4.39. The Balaban J connectivity index is 1.91. The van der Waals surface area contributed by atoms with Crippen LogP contribution in [0.5, 0.6) is 0 Å². The molecule has 5 nitrogen and oxygen atoms in total. The van der Waals surface area contributed by atoms with Gasteiger partial charge in [-0.2, -0.15) is 0 Å². The van der Waals surface area contributed by atoms with Gasteiger partial charge in [-0.1, -0.05) is 0 Å². The number of hydrogen-bond donors (Lipinski definition) is 2. The van der Waals surface area contributed by atoms with Crippen molar-refractivity contribution < 1.29 is 19.2 Å². The number of ether oxygens (including phenoxy) is 1. The molecule has 1 saturated carbocycles. The molecule has 22 heavy (non-hydrogen) atoms. The summed E-state index contributed by atoms with van der Waals surface area (Å²) in [5, 5.41) is 3.66. The number of anilines is 1. The molecule has 2 N–H and O–H groups in total. The Labute approximate surface area is 134 Å². The quantitative estimate of drug-likeness (QED) is 0.802. The molecule has 0 saturated heterocycles. The number of esters is 1. The molecule has 1 amide bonds. The molecule has 2 aliphatic rings. The van der Waals surface area contributed by atoms with Crippen LogP contribution in [0.3, 0.4) is 0 Å². The van der Waals surface area contributed by atoms with Crippen molar-refractivity contribution in [3.8, 4) is 0 Å². The molecule has 1 aromatic rings. The first kappa shape index (κ1) is 15.5. The normalized spacial score (nSPS) is 20.4. The van der Waals surface area contributed by atoms with Crippen LogP contribution in [0.25, 0.3) is 0 Å². The number of thiophene rings is 1. The molecular weight excluding hydrogens is 300 g/mol. The van der Waals surface area contributed by atoms with Crippen molar-refractivity contribution in [3.63, 3.8) is 0 Å². The maximum Gasteiger partial charge on any atom is 0.341 e. The van der Waals surface area contributed by atoms with Crippen molar-refractivity contribution >= 4 is 28.2 Å². The van der Waals surface area contributed by atoms with Crippen molar-refractivity contribution in [3.05, 3.63) is 16.0 Å². The SMILES string of the molecule is CCOC(=O)c1c(NC(=O)C2CC2)sc2c1CC[NH+](CC)C2. The van der Waals surface area contributed by atoms with Gasteiger partial charge in [-0.15, -0.1) is 11.3 Å². The van der Waals surface area contributed by atoms with Gasteiger partial charge in [0.15, 0.2) is 0 Å². The zero-order chi connectivity index (χ0) is 15.7. The summed E-state index contributed by atoms with van der Waals surface area (Å²) in [6.07, 6.45) is 2.79. The van der Waals surface area contributed by atoms with Gasteiger partial charge in [0.2, 0.25) is 5.91 Å². The summed E-state index contributed by atoms with van der Waals surface area (Å²) in [6, 6.07) is 0. The molecule has 0 aromatic carbocycles. The molecule has 1 atom stereocenters. The Kier molecular flexibility index (Phi) is 4.49. The lowest BCUT2D eigenvalue weighted by molar-refractivity contribution is -0.913. The van der Waals surface area contributed by atoms with Crippen LogP contribution in [0.1, 0.15) is 47.5 Å². The topological polar surface area (TPSA) is 59.8 Å². The zero-order valence-electron chi connectivity index (χ0n) is 13.2. The van der Waals surface area contributed by atoms with E-state index < -0.39 is 0 Å². The van der Waals surface area contributed by atoms with Gasteiger partial charge in [0.25, 0.3) is 0 Å². The number of likely N-dealkylation sites (N-methyl/N-ethyl adjacent to an activating group) is 1. The van der Waals surface area contributed by atoms with Crippen molar-refractivity contribution in [1.82, 2.24) is 0 Å². The Morgan fingerprint density at radius 2 is 2.14 bits per heavy atom. The number of amides is 1. The summed E-state index contributed by atoms with van der Waals surface area (Å²) >= 11 is 1.56. The summed E-state index contributed by atoms with van der Waals surface area (Å²) in [4.78, 5) is 27.2. The van der Waals surface area contributed by atoms with Crippen molar-refractivity contribution in [2.45, 2.75) is 39.7 Å². The first-order valence-electron chi connectivity index (χ1n) is 8.10. The Morgan fingerprint density at radius 1 is 1.36 bits per heavy atom. The van der Waals surface area contributed by atoms with Gasteiger partial charge in [0.05, 0.1) is 30.1 Å². The van der Waals surface area contributed by atoms with E-state index >= 15 is 0 Å². The lowest BCUT2D eigenvalue weighted by atomic mass is 10.0. The van der Waals surface area contributed by atoms with Gasteiger partial charge in [-0.25, -0.2) is 4.79 Å². The zero-order valence-corrected chi connectivity index (χ0v) is 14.0. The maximum atomic E-state index is 12.3. The van der Waals surface area contributed by atoms with Crippen LogP contribution in [0.4, 0.5) is 5.00 Å². The molecule has 0 radical (unpaired) electrons. The summed E-state index contributed by atoms with van der Waals surface area (Å²) in [5.74, 6) is -0.123. The number of carbonyl (C=O) groups is 2. The molecular formula is C16H23N2O3S+. The maximum absolute atomic E-state index is 12.3. The summed E-state index contributed by atoms with van der Waals surface area (Å²) in [6.45, 7) is 7.38. The average Bonchev–Trinajstić information content (AvgIpc) is 3.29. The van der Waals surface area contributed by atoms with Crippen LogP contribution in [-0.4, -0.2) is 31.6 Å². The van der Waals surface area contributed by atoms with E-state index in [0.29, 0.717) is 17.2 Å². The average molecular weight is 323 g/mol. The van der Waals surface area contributed by atoms with Crippen LogP contribution in [0, 0.1) is 5.92 Å².